The molecule has 2 nitrogen and oxygen atoms in total. The van der Waals surface area contributed by atoms with Gasteiger partial charge in [0.15, 0.2) is 0 Å². The number of hydrogen-bond donors (Lipinski definition) is 0. The van der Waals surface area contributed by atoms with E-state index < -0.39 is 5.77 Å². The highest BCUT2D eigenvalue weighted by atomic mass is 33.1. The van der Waals surface area contributed by atoms with E-state index >= 15 is 0 Å². The van der Waals surface area contributed by atoms with Gasteiger partial charge < -0.3 is 4.52 Å². The van der Waals surface area contributed by atoms with E-state index in [9.17, 15) is 4.57 Å². The van der Waals surface area contributed by atoms with Crippen molar-refractivity contribution in [1.82, 2.24) is 0 Å². The van der Waals surface area contributed by atoms with Gasteiger partial charge in [-0.3, -0.25) is 4.57 Å². The Hall–Kier alpha value is 0.890. The Kier molecular flexibility index (Phi) is 14.6. The molecule has 0 bridgehead atoms. The standard InChI is InChI=1S/C18H39O2PS2/c1-7-16(8-2)13-20-21(19,22-14-17(9-3)10-4)23-15-18(11-5)12-6/h16-18H,7-15H2,1-6H3. The van der Waals surface area contributed by atoms with Crippen LogP contribution in [0.4, 0.5) is 0 Å². The maximum absolute atomic E-state index is 13.3. The van der Waals surface area contributed by atoms with E-state index in [1.54, 1.807) is 22.8 Å². The smallest absolute Gasteiger partial charge is 0.313 e. The summed E-state index contributed by atoms with van der Waals surface area (Å²) in [6, 6.07) is 0. The largest absolute Gasteiger partial charge is 0.313 e. The van der Waals surface area contributed by atoms with Gasteiger partial charge in [0, 0.05) is 11.5 Å². The summed E-state index contributed by atoms with van der Waals surface area (Å²) in [6.07, 6.45) is 6.84. The molecule has 0 aliphatic carbocycles. The van der Waals surface area contributed by atoms with Crippen LogP contribution < -0.4 is 0 Å². The maximum Gasteiger partial charge on any atom is 0.313 e. The van der Waals surface area contributed by atoms with Gasteiger partial charge in [0.05, 0.1) is 6.61 Å². The minimum atomic E-state index is -2.63. The van der Waals surface area contributed by atoms with Crippen LogP contribution in [0.2, 0.25) is 0 Å². The fourth-order valence-corrected chi connectivity index (χ4v) is 9.78. The maximum atomic E-state index is 13.3. The molecule has 0 radical (unpaired) electrons. The van der Waals surface area contributed by atoms with E-state index in [-0.39, 0.29) is 0 Å². The summed E-state index contributed by atoms with van der Waals surface area (Å²) in [6.45, 7) is 13.9. The molecule has 5 heteroatoms. The molecule has 0 saturated heterocycles. The Morgan fingerprint density at radius 3 is 1.35 bits per heavy atom. The predicted octanol–water partition coefficient (Wildman–Crippen LogP) is 7.89. The van der Waals surface area contributed by atoms with Gasteiger partial charge in [-0.2, -0.15) is 0 Å². The van der Waals surface area contributed by atoms with E-state index in [1.165, 1.54) is 0 Å². The molecule has 0 N–H and O–H groups in total. The van der Waals surface area contributed by atoms with Crippen molar-refractivity contribution in [3.63, 3.8) is 0 Å². The first kappa shape index (κ1) is 23.9. The van der Waals surface area contributed by atoms with Crippen molar-refractivity contribution in [2.75, 3.05) is 18.1 Å². The van der Waals surface area contributed by atoms with Crippen LogP contribution >= 0.6 is 28.5 Å². The third kappa shape index (κ3) is 10.5. The van der Waals surface area contributed by atoms with Crippen molar-refractivity contribution < 1.29 is 9.09 Å². The van der Waals surface area contributed by atoms with Crippen molar-refractivity contribution in [2.24, 2.45) is 17.8 Å². The molecule has 0 saturated carbocycles. The zero-order valence-corrected chi connectivity index (χ0v) is 18.7. The lowest BCUT2D eigenvalue weighted by Crippen LogP contribution is -2.07. The molecular formula is C18H39O2PS2. The molecule has 0 aliphatic rings. The minimum absolute atomic E-state index is 0.533. The SMILES string of the molecule is CCC(CC)COP(=O)(SCC(CC)CC)SCC(CC)CC. The van der Waals surface area contributed by atoms with E-state index in [1.807, 2.05) is 0 Å². The third-order valence-electron chi connectivity index (χ3n) is 4.87. The van der Waals surface area contributed by atoms with Crippen molar-refractivity contribution >= 4 is 28.5 Å². The first-order valence-corrected chi connectivity index (χ1v) is 14.3. The first-order chi connectivity index (χ1) is 11.0. The van der Waals surface area contributed by atoms with E-state index in [4.69, 9.17) is 4.52 Å². The normalized spacial score (nSPS) is 12.7. The second-order valence-corrected chi connectivity index (χ2v) is 13.8. The van der Waals surface area contributed by atoms with Crippen LogP contribution in [0.5, 0.6) is 0 Å². The average molecular weight is 383 g/mol. The summed E-state index contributed by atoms with van der Waals surface area (Å²) in [4.78, 5) is 0. The molecule has 0 aromatic heterocycles. The Bertz CT molecular complexity index is 267. The lowest BCUT2D eigenvalue weighted by atomic mass is 10.1. The molecule has 0 aliphatic heterocycles. The van der Waals surface area contributed by atoms with Crippen LogP contribution in [0, 0.1) is 17.8 Å². The topological polar surface area (TPSA) is 26.3 Å². The van der Waals surface area contributed by atoms with Crippen molar-refractivity contribution in [2.45, 2.75) is 80.1 Å². The molecule has 23 heavy (non-hydrogen) atoms. The van der Waals surface area contributed by atoms with Crippen LogP contribution in [0.15, 0.2) is 0 Å². The van der Waals surface area contributed by atoms with E-state index in [0.29, 0.717) is 24.4 Å². The van der Waals surface area contributed by atoms with Crippen LogP contribution in [0.1, 0.15) is 80.1 Å². The summed E-state index contributed by atoms with van der Waals surface area (Å²) in [5.41, 5.74) is 0. The highest BCUT2D eigenvalue weighted by Gasteiger charge is 2.28. The van der Waals surface area contributed by atoms with Gasteiger partial charge in [-0.05, 0) is 17.8 Å². The molecule has 0 atom stereocenters. The molecule has 0 amide bonds. The zero-order valence-electron chi connectivity index (χ0n) is 16.2. The quantitative estimate of drug-likeness (QED) is 0.269. The monoisotopic (exact) mass is 382 g/mol. The van der Waals surface area contributed by atoms with Crippen LogP contribution in [-0.2, 0) is 9.09 Å². The summed E-state index contributed by atoms with van der Waals surface area (Å²) in [5, 5.41) is 0. The lowest BCUT2D eigenvalue weighted by molar-refractivity contribution is 0.255. The highest BCUT2D eigenvalue weighted by Crippen LogP contribution is 2.70. The van der Waals surface area contributed by atoms with Crippen LogP contribution in [0.25, 0.3) is 0 Å². The fourth-order valence-electron chi connectivity index (χ4n) is 2.28. The summed E-state index contributed by atoms with van der Waals surface area (Å²) in [7, 11) is 0. The van der Waals surface area contributed by atoms with Crippen molar-refractivity contribution in [3.05, 3.63) is 0 Å². The van der Waals surface area contributed by atoms with Gasteiger partial charge in [0.25, 0.3) is 0 Å². The molecule has 0 fully saturated rings. The number of hydrogen-bond acceptors (Lipinski definition) is 4. The van der Waals surface area contributed by atoms with Gasteiger partial charge in [-0.15, -0.1) is 0 Å². The van der Waals surface area contributed by atoms with Crippen LogP contribution in [-0.4, -0.2) is 18.1 Å². The molecule has 0 rings (SSSR count). The Morgan fingerprint density at radius 2 is 1.04 bits per heavy atom. The van der Waals surface area contributed by atoms with Gasteiger partial charge in [-0.1, -0.05) is 103 Å². The average Bonchev–Trinajstić information content (AvgIpc) is 2.57. The molecule has 0 spiro atoms. The second kappa shape index (κ2) is 14.1. The lowest BCUT2D eigenvalue weighted by Gasteiger charge is -2.23. The summed E-state index contributed by atoms with van der Waals surface area (Å²) >= 11 is 3.21. The summed E-state index contributed by atoms with van der Waals surface area (Å²) in [5.74, 6) is 1.13. The third-order valence-corrected chi connectivity index (χ3v) is 12.5. The minimum Gasteiger partial charge on any atom is -0.313 e. The predicted molar refractivity (Wildman–Crippen MR) is 111 cm³/mol. The second-order valence-electron chi connectivity index (χ2n) is 6.38. The molecular weight excluding hydrogens is 343 g/mol. The van der Waals surface area contributed by atoms with Gasteiger partial charge in [-0.25, -0.2) is 0 Å². The van der Waals surface area contributed by atoms with Crippen molar-refractivity contribution in [3.8, 4) is 0 Å². The molecule has 0 unspecified atom stereocenters. The molecule has 0 aromatic carbocycles. The fraction of sp³-hybridized carbons (Fsp3) is 1.00. The van der Waals surface area contributed by atoms with E-state index in [0.717, 1.165) is 50.0 Å². The van der Waals surface area contributed by atoms with Crippen LogP contribution in [0.3, 0.4) is 0 Å². The number of rotatable bonds is 15. The van der Waals surface area contributed by atoms with Gasteiger partial charge >= 0.3 is 5.77 Å². The highest BCUT2D eigenvalue weighted by molar-refractivity contribution is 8.89. The molecule has 0 heterocycles. The van der Waals surface area contributed by atoms with Gasteiger partial charge in [0.1, 0.15) is 0 Å². The first-order valence-electron chi connectivity index (χ1n) is 9.51. The Balaban J connectivity index is 4.70. The molecule has 140 valence electrons. The van der Waals surface area contributed by atoms with Crippen molar-refractivity contribution in [1.29, 1.82) is 0 Å². The Morgan fingerprint density at radius 1 is 0.696 bits per heavy atom. The molecule has 0 aromatic rings. The zero-order chi connectivity index (χ0) is 17.7. The summed E-state index contributed by atoms with van der Waals surface area (Å²) < 4.78 is 19.4. The van der Waals surface area contributed by atoms with Gasteiger partial charge in [0.2, 0.25) is 0 Å². The Labute approximate surface area is 153 Å². The van der Waals surface area contributed by atoms with E-state index in [2.05, 4.69) is 41.5 Å².